The fraction of sp³-hybridized carbons (Fsp3) is 0.348. The van der Waals surface area contributed by atoms with Crippen LogP contribution < -0.4 is 20.7 Å². The van der Waals surface area contributed by atoms with E-state index in [1.165, 1.54) is 0 Å². The molecule has 0 radical (unpaired) electrons. The predicted octanol–water partition coefficient (Wildman–Crippen LogP) is 4.19. The number of alkyl carbamates (subject to hydrolysis) is 1. The van der Waals surface area contributed by atoms with E-state index in [0.29, 0.717) is 29.3 Å². The molecule has 3 amide bonds. The average Bonchev–Trinajstić information content (AvgIpc) is 2.69. The first kappa shape index (κ1) is 23.7. The second-order valence-corrected chi connectivity index (χ2v) is 7.68. The number of hydrogen-bond donors (Lipinski definition) is 3. The van der Waals surface area contributed by atoms with Crippen molar-refractivity contribution in [1.82, 2.24) is 5.32 Å². The van der Waals surface area contributed by atoms with Gasteiger partial charge < -0.3 is 25.4 Å². The minimum absolute atomic E-state index is 0.0560. The number of ether oxygens (including phenoxy) is 2. The summed E-state index contributed by atoms with van der Waals surface area (Å²) in [5.74, 6) is 0.0712. The van der Waals surface area contributed by atoms with Crippen LogP contribution in [0, 0.1) is 0 Å². The molecule has 2 rings (SSSR count). The summed E-state index contributed by atoms with van der Waals surface area (Å²) in [6, 6.07) is 13.7. The molecule has 0 heterocycles. The van der Waals surface area contributed by atoms with E-state index in [4.69, 9.17) is 9.47 Å². The van der Waals surface area contributed by atoms with Crippen LogP contribution in [0.2, 0.25) is 0 Å². The summed E-state index contributed by atoms with van der Waals surface area (Å²) in [4.78, 5) is 36.5. The topological polar surface area (TPSA) is 106 Å². The number of hydrogen-bond acceptors (Lipinski definition) is 5. The normalized spacial score (nSPS) is 10.7. The molecule has 2 aromatic carbocycles. The van der Waals surface area contributed by atoms with Crippen molar-refractivity contribution in [3.63, 3.8) is 0 Å². The molecule has 0 aliphatic rings. The average molecular weight is 428 g/mol. The lowest BCUT2D eigenvalue weighted by molar-refractivity contribution is -0.116. The van der Waals surface area contributed by atoms with Gasteiger partial charge in [0.05, 0.1) is 18.0 Å². The molecule has 0 saturated carbocycles. The zero-order chi connectivity index (χ0) is 22.9. The first-order valence-electron chi connectivity index (χ1n) is 10.1. The van der Waals surface area contributed by atoms with E-state index in [1.54, 1.807) is 69.3 Å². The summed E-state index contributed by atoms with van der Waals surface area (Å²) in [6.07, 6.45) is -0.524. The molecule has 3 N–H and O–H groups in total. The molecule has 0 aliphatic heterocycles. The van der Waals surface area contributed by atoms with Gasteiger partial charge in [0.25, 0.3) is 5.91 Å². The van der Waals surface area contributed by atoms with Gasteiger partial charge in [0.2, 0.25) is 5.91 Å². The van der Waals surface area contributed by atoms with E-state index >= 15 is 0 Å². The van der Waals surface area contributed by atoms with E-state index in [2.05, 4.69) is 16.0 Å². The van der Waals surface area contributed by atoms with Gasteiger partial charge in [-0.15, -0.1) is 0 Å². The van der Waals surface area contributed by atoms with Crippen LogP contribution in [-0.2, 0) is 9.53 Å². The highest BCUT2D eigenvalue weighted by Gasteiger charge is 2.16. The zero-order valence-corrected chi connectivity index (χ0v) is 18.3. The molecule has 0 unspecified atom stereocenters. The van der Waals surface area contributed by atoms with Crippen molar-refractivity contribution in [2.45, 2.75) is 39.7 Å². The van der Waals surface area contributed by atoms with Crippen molar-refractivity contribution < 1.29 is 23.9 Å². The lowest BCUT2D eigenvalue weighted by atomic mass is 10.2. The minimum Gasteiger partial charge on any atom is -0.494 e. The fourth-order valence-electron chi connectivity index (χ4n) is 2.57. The van der Waals surface area contributed by atoms with Crippen molar-refractivity contribution >= 4 is 29.3 Å². The predicted molar refractivity (Wildman–Crippen MR) is 119 cm³/mol. The number of carbonyl (C=O) groups excluding carboxylic acids is 3. The number of carbonyl (C=O) groups is 3. The van der Waals surface area contributed by atoms with Crippen molar-refractivity contribution in [3.05, 3.63) is 54.1 Å². The molecule has 31 heavy (non-hydrogen) atoms. The number of nitrogens with one attached hydrogen (secondary N) is 3. The minimum atomic E-state index is -0.604. The summed E-state index contributed by atoms with van der Waals surface area (Å²) in [5, 5.41) is 8.08. The lowest BCUT2D eigenvalue weighted by Crippen LogP contribution is -2.34. The Morgan fingerprint density at radius 3 is 2.10 bits per heavy atom. The second kappa shape index (κ2) is 11.0. The zero-order valence-electron chi connectivity index (χ0n) is 18.3. The smallest absolute Gasteiger partial charge is 0.407 e. The van der Waals surface area contributed by atoms with Crippen LogP contribution in [0.1, 0.15) is 44.5 Å². The van der Waals surface area contributed by atoms with Crippen LogP contribution >= 0.6 is 0 Å². The summed E-state index contributed by atoms with van der Waals surface area (Å²) in [5.41, 5.74) is 0.789. The van der Waals surface area contributed by atoms with E-state index in [-0.39, 0.29) is 24.8 Å². The molecular weight excluding hydrogens is 398 g/mol. The summed E-state index contributed by atoms with van der Waals surface area (Å²) >= 11 is 0. The van der Waals surface area contributed by atoms with Crippen molar-refractivity contribution in [3.8, 4) is 5.75 Å². The third-order valence-electron chi connectivity index (χ3n) is 3.90. The van der Waals surface area contributed by atoms with Gasteiger partial charge in [-0.25, -0.2) is 4.79 Å². The molecule has 0 spiro atoms. The highest BCUT2D eigenvalue weighted by Crippen LogP contribution is 2.22. The number of para-hydroxylation sites is 2. The first-order chi connectivity index (χ1) is 14.7. The third kappa shape index (κ3) is 8.38. The molecule has 0 saturated heterocycles. The van der Waals surface area contributed by atoms with Crippen LogP contribution in [-0.4, -0.2) is 36.7 Å². The SMILES string of the molecule is CCOc1ccc(C(=O)Nc2ccccc2NC(=O)CCNC(=O)OC(C)(C)C)cc1. The lowest BCUT2D eigenvalue weighted by Gasteiger charge is -2.19. The molecule has 0 fully saturated rings. The first-order valence-corrected chi connectivity index (χ1v) is 10.1. The maximum absolute atomic E-state index is 12.6. The molecule has 0 bridgehead atoms. The molecule has 166 valence electrons. The second-order valence-electron chi connectivity index (χ2n) is 7.68. The van der Waals surface area contributed by atoms with Gasteiger partial charge in [-0.3, -0.25) is 9.59 Å². The van der Waals surface area contributed by atoms with Crippen LogP contribution in [0.25, 0.3) is 0 Å². The van der Waals surface area contributed by atoms with Gasteiger partial charge in [0, 0.05) is 18.5 Å². The van der Waals surface area contributed by atoms with Crippen LogP contribution in [0.4, 0.5) is 16.2 Å². The number of anilines is 2. The van der Waals surface area contributed by atoms with Crippen LogP contribution in [0.3, 0.4) is 0 Å². The Morgan fingerprint density at radius 2 is 1.52 bits per heavy atom. The van der Waals surface area contributed by atoms with Gasteiger partial charge in [-0.05, 0) is 64.1 Å². The van der Waals surface area contributed by atoms with E-state index < -0.39 is 11.7 Å². The van der Waals surface area contributed by atoms with Gasteiger partial charge in [0.15, 0.2) is 0 Å². The molecule has 0 atom stereocenters. The van der Waals surface area contributed by atoms with E-state index in [0.717, 1.165) is 0 Å². The third-order valence-corrected chi connectivity index (χ3v) is 3.90. The quantitative estimate of drug-likeness (QED) is 0.586. The van der Waals surface area contributed by atoms with Gasteiger partial charge in [-0.1, -0.05) is 12.1 Å². The molecule has 8 nitrogen and oxygen atoms in total. The fourth-order valence-corrected chi connectivity index (χ4v) is 2.57. The monoisotopic (exact) mass is 427 g/mol. The molecule has 8 heteroatoms. The molecule has 0 aromatic heterocycles. The number of rotatable bonds is 8. The van der Waals surface area contributed by atoms with Crippen molar-refractivity contribution in [1.29, 1.82) is 0 Å². The summed E-state index contributed by atoms with van der Waals surface area (Å²) in [7, 11) is 0. The van der Waals surface area contributed by atoms with Crippen molar-refractivity contribution in [2.75, 3.05) is 23.8 Å². The largest absolute Gasteiger partial charge is 0.494 e. The Labute approximate surface area is 182 Å². The maximum atomic E-state index is 12.6. The summed E-state index contributed by atoms with van der Waals surface area (Å²) in [6.45, 7) is 7.85. The standard InChI is InChI=1S/C23H29N3O5/c1-5-30-17-12-10-16(11-13-17)21(28)26-19-9-7-6-8-18(19)25-20(27)14-15-24-22(29)31-23(2,3)4/h6-13H,5,14-15H2,1-4H3,(H,24,29)(H,25,27)(H,26,28). The Hall–Kier alpha value is -3.55. The van der Waals surface area contributed by atoms with Crippen molar-refractivity contribution in [2.24, 2.45) is 0 Å². The van der Waals surface area contributed by atoms with E-state index in [9.17, 15) is 14.4 Å². The molecular formula is C23H29N3O5. The highest BCUT2D eigenvalue weighted by molar-refractivity contribution is 6.07. The van der Waals surface area contributed by atoms with Crippen LogP contribution in [0.5, 0.6) is 5.75 Å². The van der Waals surface area contributed by atoms with Gasteiger partial charge in [0.1, 0.15) is 11.4 Å². The Bertz CT molecular complexity index is 904. The Kier molecular flexibility index (Phi) is 8.43. The number of amides is 3. The van der Waals surface area contributed by atoms with E-state index in [1.807, 2.05) is 6.92 Å². The molecule has 0 aliphatic carbocycles. The highest BCUT2D eigenvalue weighted by atomic mass is 16.6. The summed E-state index contributed by atoms with van der Waals surface area (Å²) < 4.78 is 10.5. The Morgan fingerprint density at radius 1 is 0.903 bits per heavy atom. The van der Waals surface area contributed by atoms with Gasteiger partial charge in [-0.2, -0.15) is 0 Å². The number of benzene rings is 2. The van der Waals surface area contributed by atoms with Gasteiger partial charge >= 0.3 is 6.09 Å². The Balaban J connectivity index is 1.91. The maximum Gasteiger partial charge on any atom is 0.407 e. The van der Waals surface area contributed by atoms with Crippen LogP contribution in [0.15, 0.2) is 48.5 Å². The molecule has 2 aromatic rings.